The van der Waals surface area contributed by atoms with Gasteiger partial charge in [-0.15, -0.1) is 0 Å². The topological polar surface area (TPSA) is 109 Å². The maximum atomic E-state index is 11.7. The van der Waals surface area contributed by atoms with Crippen molar-refractivity contribution in [2.75, 3.05) is 17.7 Å². The molecule has 0 bridgehead atoms. The van der Waals surface area contributed by atoms with Crippen LogP contribution in [0, 0.1) is 0 Å². The smallest absolute Gasteiger partial charge is 0.411 e. The molecule has 0 atom stereocenters. The lowest BCUT2D eigenvalue weighted by Gasteiger charge is -2.07. The first-order valence-corrected chi connectivity index (χ1v) is 5.31. The second kappa shape index (κ2) is 5.63. The summed E-state index contributed by atoms with van der Waals surface area (Å²) in [5, 5.41) is 11.1. The van der Waals surface area contributed by atoms with Crippen molar-refractivity contribution in [3.8, 4) is 0 Å². The number of anilines is 2. The summed E-state index contributed by atoms with van der Waals surface area (Å²) in [6.07, 6.45) is 0.656. The molecule has 0 aliphatic carbocycles. The third-order valence-electron chi connectivity index (χ3n) is 2.18. The number of nitrogens with one attached hydrogen (secondary N) is 3. The van der Waals surface area contributed by atoms with Crippen molar-refractivity contribution in [2.45, 2.75) is 0 Å². The Bertz CT molecular complexity index is 582. The largest absolute Gasteiger partial charge is 0.453 e. The van der Waals surface area contributed by atoms with Gasteiger partial charge in [-0.05, 0) is 18.2 Å². The van der Waals surface area contributed by atoms with Gasteiger partial charge in [0.1, 0.15) is 6.33 Å². The summed E-state index contributed by atoms with van der Waals surface area (Å²) in [5.41, 5.74) is 1.01. The van der Waals surface area contributed by atoms with Gasteiger partial charge >= 0.3 is 6.09 Å². The van der Waals surface area contributed by atoms with E-state index in [0.717, 1.165) is 0 Å². The minimum Gasteiger partial charge on any atom is -0.453 e. The van der Waals surface area contributed by atoms with Crippen molar-refractivity contribution in [2.24, 2.45) is 0 Å². The van der Waals surface area contributed by atoms with Crippen molar-refractivity contribution in [1.82, 2.24) is 15.2 Å². The molecule has 1 heterocycles. The van der Waals surface area contributed by atoms with Gasteiger partial charge < -0.3 is 10.1 Å². The number of H-pyrrole nitrogens is 1. The fourth-order valence-electron chi connectivity index (χ4n) is 1.35. The second-order valence-electron chi connectivity index (χ2n) is 3.49. The summed E-state index contributed by atoms with van der Waals surface area (Å²) in [4.78, 5) is 26.5. The van der Waals surface area contributed by atoms with Crippen LogP contribution >= 0.6 is 0 Å². The molecule has 0 fully saturated rings. The zero-order valence-electron chi connectivity index (χ0n) is 10.0. The number of benzene rings is 1. The average Bonchev–Trinajstić information content (AvgIpc) is 2.93. The lowest BCUT2D eigenvalue weighted by atomic mass is 10.2. The van der Waals surface area contributed by atoms with Crippen molar-refractivity contribution in [3.05, 3.63) is 36.4 Å². The highest BCUT2D eigenvalue weighted by Crippen LogP contribution is 2.15. The lowest BCUT2D eigenvalue weighted by Crippen LogP contribution is -2.14. The van der Waals surface area contributed by atoms with Crippen LogP contribution in [-0.2, 0) is 4.74 Å². The fraction of sp³-hybridized carbons (Fsp3) is 0.0909. The molecule has 0 aliphatic rings. The maximum absolute atomic E-state index is 11.7. The number of nitrogens with zero attached hydrogens (tertiary/aromatic N) is 2. The predicted molar refractivity (Wildman–Crippen MR) is 66.8 cm³/mol. The Morgan fingerprint density at radius 3 is 2.63 bits per heavy atom. The Hall–Kier alpha value is -2.90. The van der Waals surface area contributed by atoms with Crippen LogP contribution in [0.25, 0.3) is 0 Å². The van der Waals surface area contributed by atoms with Crippen molar-refractivity contribution >= 4 is 23.4 Å². The summed E-state index contributed by atoms with van der Waals surface area (Å²) < 4.78 is 4.47. The number of hydrogen-bond acceptors (Lipinski definition) is 5. The van der Waals surface area contributed by atoms with Crippen LogP contribution in [-0.4, -0.2) is 34.3 Å². The standard InChI is InChI=1S/C11H11N5O3/c1-19-11(18)15-8-4-2-3-7(5-8)14-10(17)9-12-6-13-16-9/h2-6H,1H3,(H,14,17)(H,15,18)(H,12,13,16). The third kappa shape index (κ3) is 3.28. The molecule has 1 aromatic heterocycles. The van der Waals surface area contributed by atoms with Crippen LogP contribution in [0.15, 0.2) is 30.6 Å². The molecular formula is C11H11N5O3. The van der Waals surface area contributed by atoms with E-state index < -0.39 is 12.0 Å². The molecule has 0 saturated carbocycles. The van der Waals surface area contributed by atoms with Crippen LogP contribution in [0.5, 0.6) is 0 Å². The van der Waals surface area contributed by atoms with Crippen molar-refractivity contribution in [1.29, 1.82) is 0 Å². The van der Waals surface area contributed by atoms with E-state index in [2.05, 4.69) is 30.6 Å². The van der Waals surface area contributed by atoms with Gasteiger partial charge in [0.25, 0.3) is 5.91 Å². The van der Waals surface area contributed by atoms with Crippen LogP contribution in [0.3, 0.4) is 0 Å². The summed E-state index contributed by atoms with van der Waals surface area (Å²) in [6.45, 7) is 0. The second-order valence-corrected chi connectivity index (χ2v) is 3.49. The van der Waals surface area contributed by atoms with Gasteiger partial charge in [0, 0.05) is 11.4 Å². The molecular weight excluding hydrogens is 250 g/mol. The van der Waals surface area contributed by atoms with Crippen molar-refractivity contribution < 1.29 is 14.3 Å². The van der Waals surface area contributed by atoms with Gasteiger partial charge in [0.05, 0.1) is 7.11 Å². The number of carbonyl (C=O) groups excluding carboxylic acids is 2. The molecule has 2 rings (SSSR count). The normalized spacial score (nSPS) is 9.74. The van der Waals surface area contributed by atoms with E-state index in [0.29, 0.717) is 11.4 Å². The average molecular weight is 261 g/mol. The molecule has 0 spiro atoms. The van der Waals surface area contributed by atoms with Crippen LogP contribution in [0.2, 0.25) is 0 Å². The molecule has 0 unspecified atom stereocenters. The number of carbonyl (C=O) groups is 2. The number of ether oxygens (including phenoxy) is 1. The van der Waals surface area contributed by atoms with Gasteiger partial charge in [0.15, 0.2) is 0 Å². The van der Waals surface area contributed by atoms with Crippen LogP contribution < -0.4 is 10.6 Å². The monoisotopic (exact) mass is 261 g/mol. The van der Waals surface area contributed by atoms with Crippen molar-refractivity contribution in [3.63, 3.8) is 0 Å². The number of hydrogen-bond donors (Lipinski definition) is 3. The number of aromatic nitrogens is 3. The van der Waals surface area contributed by atoms with E-state index in [4.69, 9.17) is 0 Å². The number of methoxy groups -OCH3 is 1. The van der Waals surface area contributed by atoms with Crippen LogP contribution in [0.1, 0.15) is 10.6 Å². The van der Waals surface area contributed by atoms with E-state index >= 15 is 0 Å². The SMILES string of the molecule is COC(=O)Nc1cccc(NC(=O)c2ncn[nH]2)c1. The van der Waals surface area contributed by atoms with Gasteiger partial charge in [-0.3, -0.25) is 15.2 Å². The Balaban J connectivity index is 2.07. The third-order valence-corrected chi connectivity index (χ3v) is 2.18. The molecule has 2 amide bonds. The first-order chi connectivity index (χ1) is 9.19. The minimum absolute atomic E-state index is 0.103. The number of amides is 2. The van der Waals surface area contributed by atoms with Gasteiger partial charge in [-0.2, -0.15) is 5.10 Å². The van der Waals surface area contributed by atoms with E-state index in [-0.39, 0.29) is 5.82 Å². The van der Waals surface area contributed by atoms with E-state index in [1.165, 1.54) is 13.4 Å². The van der Waals surface area contributed by atoms with Gasteiger partial charge in [-0.25, -0.2) is 9.78 Å². The van der Waals surface area contributed by atoms with E-state index in [9.17, 15) is 9.59 Å². The highest BCUT2D eigenvalue weighted by atomic mass is 16.5. The Morgan fingerprint density at radius 2 is 2.00 bits per heavy atom. The Morgan fingerprint density at radius 1 is 1.26 bits per heavy atom. The fourth-order valence-corrected chi connectivity index (χ4v) is 1.35. The van der Waals surface area contributed by atoms with E-state index in [1.807, 2.05) is 0 Å². The zero-order chi connectivity index (χ0) is 13.7. The quantitative estimate of drug-likeness (QED) is 0.770. The molecule has 2 aromatic rings. The summed E-state index contributed by atoms with van der Waals surface area (Å²) in [5.74, 6) is -0.320. The summed E-state index contributed by atoms with van der Waals surface area (Å²) in [7, 11) is 1.27. The van der Waals surface area contributed by atoms with Crippen LogP contribution in [0.4, 0.5) is 16.2 Å². The van der Waals surface area contributed by atoms with E-state index in [1.54, 1.807) is 24.3 Å². The molecule has 3 N–H and O–H groups in total. The first kappa shape index (κ1) is 12.6. The molecule has 19 heavy (non-hydrogen) atoms. The maximum Gasteiger partial charge on any atom is 0.411 e. The number of aromatic amines is 1. The Labute approximate surface area is 108 Å². The Kier molecular flexibility index (Phi) is 3.72. The zero-order valence-corrected chi connectivity index (χ0v) is 10.0. The van der Waals surface area contributed by atoms with Gasteiger partial charge in [0.2, 0.25) is 5.82 Å². The van der Waals surface area contributed by atoms with Gasteiger partial charge in [-0.1, -0.05) is 6.07 Å². The molecule has 8 heteroatoms. The molecule has 1 aromatic carbocycles. The predicted octanol–water partition coefficient (Wildman–Crippen LogP) is 1.24. The molecule has 8 nitrogen and oxygen atoms in total. The summed E-state index contributed by atoms with van der Waals surface area (Å²) in [6, 6.07) is 6.62. The molecule has 0 saturated heterocycles. The molecule has 0 radical (unpaired) electrons. The molecule has 0 aliphatic heterocycles. The highest BCUT2D eigenvalue weighted by Gasteiger charge is 2.09. The molecule has 98 valence electrons. The lowest BCUT2D eigenvalue weighted by molar-refractivity contribution is 0.101. The first-order valence-electron chi connectivity index (χ1n) is 5.31. The summed E-state index contributed by atoms with van der Waals surface area (Å²) >= 11 is 0. The highest BCUT2D eigenvalue weighted by molar-refractivity contribution is 6.01. The minimum atomic E-state index is -0.585. The number of rotatable bonds is 3.